The van der Waals surface area contributed by atoms with Crippen molar-refractivity contribution in [1.82, 2.24) is 15.8 Å². The fourth-order valence-electron chi connectivity index (χ4n) is 2.63. The number of aryl methyl sites for hydroxylation is 2. The molecular weight excluding hydrogens is 318 g/mol. The van der Waals surface area contributed by atoms with Gasteiger partial charge in [0, 0.05) is 4.88 Å². The first kappa shape index (κ1) is 15.1. The molecule has 3 aromatic rings. The molecule has 0 amide bonds. The minimum atomic E-state index is -0.0177. The highest BCUT2D eigenvalue weighted by Gasteiger charge is 2.32. The topological polar surface area (TPSA) is 43.4 Å². The molecular formula is C18H19N5S. The predicted molar refractivity (Wildman–Crippen MR) is 98.4 cm³/mol. The number of para-hydroxylation sites is 1. The van der Waals surface area contributed by atoms with Crippen molar-refractivity contribution < 1.29 is 0 Å². The fourth-order valence-corrected chi connectivity index (χ4v) is 3.50. The molecule has 4 rings (SSSR count). The van der Waals surface area contributed by atoms with Gasteiger partial charge in [-0.3, -0.25) is 0 Å². The zero-order valence-corrected chi connectivity index (χ0v) is 14.4. The van der Waals surface area contributed by atoms with Gasteiger partial charge in [-0.15, -0.1) is 0 Å². The molecule has 1 aliphatic heterocycles. The SMILES string of the molecule is Cc1nc(N2NC(c3ccccc3)NN2c2ccccc2)sc1C. The molecule has 1 unspecified atom stereocenters. The van der Waals surface area contributed by atoms with Gasteiger partial charge >= 0.3 is 0 Å². The number of aromatic nitrogens is 1. The molecule has 0 bridgehead atoms. The Morgan fingerprint density at radius 1 is 0.875 bits per heavy atom. The van der Waals surface area contributed by atoms with Gasteiger partial charge in [-0.25, -0.2) is 4.98 Å². The van der Waals surface area contributed by atoms with Crippen molar-refractivity contribution in [1.29, 1.82) is 0 Å². The Hall–Kier alpha value is -2.41. The van der Waals surface area contributed by atoms with E-state index in [4.69, 9.17) is 4.98 Å². The predicted octanol–water partition coefficient (Wildman–Crippen LogP) is 3.71. The molecule has 5 nitrogen and oxygen atoms in total. The van der Waals surface area contributed by atoms with Crippen LogP contribution in [-0.4, -0.2) is 4.98 Å². The Kier molecular flexibility index (Phi) is 3.93. The number of thiazole rings is 1. The molecule has 0 aliphatic carbocycles. The Morgan fingerprint density at radius 3 is 2.12 bits per heavy atom. The van der Waals surface area contributed by atoms with E-state index in [1.807, 2.05) is 53.6 Å². The van der Waals surface area contributed by atoms with E-state index < -0.39 is 0 Å². The van der Waals surface area contributed by atoms with Gasteiger partial charge < -0.3 is 0 Å². The lowest BCUT2D eigenvalue weighted by molar-refractivity contribution is 0.574. The van der Waals surface area contributed by atoms with Crippen LogP contribution in [0.4, 0.5) is 10.8 Å². The summed E-state index contributed by atoms with van der Waals surface area (Å²) in [6, 6.07) is 20.6. The summed E-state index contributed by atoms with van der Waals surface area (Å²) in [5.74, 6) is 0. The Labute approximate surface area is 145 Å². The van der Waals surface area contributed by atoms with Crippen molar-refractivity contribution >= 4 is 22.2 Å². The molecule has 6 heteroatoms. The summed E-state index contributed by atoms with van der Waals surface area (Å²) < 4.78 is 0. The van der Waals surface area contributed by atoms with E-state index in [-0.39, 0.29) is 6.17 Å². The summed E-state index contributed by atoms with van der Waals surface area (Å²) in [5, 5.41) is 4.91. The normalized spacial score (nSPS) is 17.5. The second-order valence-electron chi connectivity index (χ2n) is 5.70. The molecule has 0 saturated carbocycles. The average Bonchev–Trinajstić information content (AvgIpc) is 3.21. The Bertz CT molecular complexity index is 798. The molecule has 2 aromatic carbocycles. The summed E-state index contributed by atoms with van der Waals surface area (Å²) in [6.07, 6.45) is -0.0177. The summed E-state index contributed by atoms with van der Waals surface area (Å²) in [6.45, 7) is 4.14. The molecule has 122 valence electrons. The first-order valence-electron chi connectivity index (χ1n) is 7.89. The number of rotatable bonds is 3. The van der Waals surface area contributed by atoms with E-state index in [9.17, 15) is 0 Å². The third kappa shape index (κ3) is 2.75. The highest BCUT2D eigenvalue weighted by Crippen LogP contribution is 2.31. The van der Waals surface area contributed by atoms with Crippen LogP contribution in [0.25, 0.3) is 0 Å². The third-order valence-corrected chi connectivity index (χ3v) is 5.08. The zero-order valence-electron chi connectivity index (χ0n) is 13.6. The van der Waals surface area contributed by atoms with Crippen molar-refractivity contribution in [3.63, 3.8) is 0 Å². The summed E-state index contributed by atoms with van der Waals surface area (Å²) >= 11 is 1.68. The smallest absolute Gasteiger partial charge is 0.221 e. The second-order valence-corrected chi connectivity index (χ2v) is 6.88. The molecule has 1 fully saturated rings. The van der Waals surface area contributed by atoms with Crippen LogP contribution in [0, 0.1) is 13.8 Å². The molecule has 0 radical (unpaired) electrons. The van der Waals surface area contributed by atoms with Crippen LogP contribution in [0.5, 0.6) is 0 Å². The maximum absolute atomic E-state index is 4.70. The summed E-state index contributed by atoms with van der Waals surface area (Å²) in [5.41, 5.74) is 10.3. The largest absolute Gasteiger partial charge is 0.223 e. The van der Waals surface area contributed by atoms with Gasteiger partial charge in [0.15, 0.2) is 0 Å². The Balaban J connectivity index is 1.71. The standard InChI is InChI=1S/C18H19N5S/c1-13-14(2)24-18(19-13)23-21-17(15-9-5-3-6-10-15)20-22(23)16-11-7-4-8-12-16/h3-12,17,20-21H,1-2H3. The monoisotopic (exact) mass is 337 g/mol. The molecule has 1 atom stereocenters. The lowest BCUT2D eigenvalue weighted by atomic mass is 10.2. The molecule has 1 aromatic heterocycles. The van der Waals surface area contributed by atoms with Gasteiger partial charge in [0.2, 0.25) is 5.13 Å². The molecule has 1 saturated heterocycles. The third-order valence-electron chi connectivity index (χ3n) is 4.03. The van der Waals surface area contributed by atoms with Gasteiger partial charge in [-0.2, -0.15) is 21.1 Å². The van der Waals surface area contributed by atoms with E-state index in [2.05, 4.69) is 42.0 Å². The highest BCUT2D eigenvalue weighted by atomic mass is 32.1. The molecule has 0 spiro atoms. The van der Waals surface area contributed by atoms with Crippen LogP contribution in [0.1, 0.15) is 22.3 Å². The molecule has 2 heterocycles. The fraction of sp³-hybridized carbons (Fsp3) is 0.167. The first-order chi connectivity index (χ1) is 11.7. The van der Waals surface area contributed by atoms with Gasteiger partial charge in [0.1, 0.15) is 6.17 Å². The molecule has 24 heavy (non-hydrogen) atoms. The first-order valence-corrected chi connectivity index (χ1v) is 8.70. The Morgan fingerprint density at radius 2 is 1.50 bits per heavy atom. The van der Waals surface area contributed by atoms with Gasteiger partial charge in [-0.1, -0.05) is 59.9 Å². The second kappa shape index (κ2) is 6.24. The number of benzene rings is 2. The van der Waals surface area contributed by atoms with Crippen LogP contribution in [-0.2, 0) is 0 Å². The minimum Gasteiger partial charge on any atom is -0.223 e. The summed E-state index contributed by atoms with van der Waals surface area (Å²) in [4.78, 5) is 5.92. The van der Waals surface area contributed by atoms with Crippen molar-refractivity contribution in [3.8, 4) is 0 Å². The van der Waals surface area contributed by atoms with Crippen molar-refractivity contribution in [3.05, 3.63) is 76.8 Å². The number of nitrogens with zero attached hydrogens (tertiary/aromatic N) is 3. The average molecular weight is 337 g/mol. The number of hydrogen-bond acceptors (Lipinski definition) is 6. The van der Waals surface area contributed by atoms with E-state index in [0.717, 1.165) is 16.5 Å². The molecule has 1 aliphatic rings. The van der Waals surface area contributed by atoms with Crippen LogP contribution in [0.3, 0.4) is 0 Å². The lowest BCUT2D eigenvalue weighted by Crippen LogP contribution is -2.45. The van der Waals surface area contributed by atoms with E-state index in [0.29, 0.717) is 0 Å². The van der Waals surface area contributed by atoms with Gasteiger partial charge in [0.05, 0.1) is 11.4 Å². The maximum Gasteiger partial charge on any atom is 0.221 e. The minimum absolute atomic E-state index is 0.0177. The molecule has 2 N–H and O–H groups in total. The zero-order chi connectivity index (χ0) is 16.5. The van der Waals surface area contributed by atoms with Crippen LogP contribution < -0.4 is 21.1 Å². The number of anilines is 2. The van der Waals surface area contributed by atoms with E-state index in [1.165, 1.54) is 10.4 Å². The van der Waals surface area contributed by atoms with Gasteiger partial charge in [0.25, 0.3) is 0 Å². The number of hydrogen-bond donors (Lipinski definition) is 2. The number of hydrazine groups is 3. The lowest BCUT2D eigenvalue weighted by Gasteiger charge is -2.26. The van der Waals surface area contributed by atoms with Crippen LogP contribution >= 0.6 is 11.3 Å². The van der Waals surface area contributed by atoms with Crippen molar-refractivity contribution in [2.75, 3.05) is 10.2 Å². The van der Waals surface area contributed by atoms with Crippen LogP contribution in [0.2, 0.25) is 0 Å². The van der Waals surface area contributed by atoms with E-state index >= 15 is 0 Å². The quantitative estimate of drug-likeness (QED) is 0.763. The van der Waals surface area contributed by atoms with E-state index in [1.54, 1.807) is 11.3 Å². The van der Waals surface area contributed by atoms with Crippen LogP contribution in [0.15, 0.2) is 60.7 Å². The summed E-state index contributed by atoms with van der Waals surface area (Å²) in [7, 11) is 0. The highest BCUT2D eigenvalue weighted by molar-refractivity contribution is 7.15. The number of nitrogens with one attached hydrogen (secondary N) is 2. The maximum atomic E-state index is 4.70. The van der Waals surface area contributed by atoms with Gasteiger partial charge in [-0.05, 0) is 31.5 Å². The van der Waals surface area contributed by atoms with Crippen molar-refractivity contribution in [2.45, 2.75) is 20.0 Å². The van der Waals surface area contributed by atoms with Crippen molar-refractivity contribution in [2.24, 2.45) is 0 Å².